The summed E-state index contributed by atoms with van der Waals surface area (Å²) in [5.41, 5.74) is 0. The van der Waals surface area contributed by atoms with Crippen LogP contribution in [0.5, 0.6) is 0 Å². The fraction of sp³-hybridized carbons (Fsp3) is 0.615. The summed E-state index contributed by atoms with van der Waals surface area (Å²) in [6.07, 6.45) is 5.22. The monoisotopic (exact) mass is 326 g/mol. The van der Waals surface area contributed by atoms with E-state index in [4.69, 9.17) is 0 Å². The van der Waals surface area contributed by atoms with E-state index in [1.54, 1.807) is 12.4 Å². The first-order chi connectivity index (χ1) is 9.06. The molecule has 1 aromatic heterocycles. The van der Waals surface area contributed by atoms with Gasteiger partial charge in [0.15, 0.2) is 0 Å². The molecule has 0 saturated carbocycles. The predicted molar refractivity (Wildman–Crippen MR) is 77.9 cm³/mol. The third-order valence-electron chi connectivity index (χ3n) is 3.19. The summed E-state index contributed by atoms with van der Waals surface area (Å²) in [6, 6.07) is 0.209. The lowest BCUT2D eigenvalue weighted by molar-refractivity contribution is -0.126. The molecule has 1 aliphatic heterocycles. The number of carbonyl (C=O) groups is 1. The molecule has 1 N–H and O–H groups in total. The van der Waals surface area contributed by atoms with Crippen molar-refractivity contribution in [3.63, 3.8) is 0 Å². The van der Waals surface area contributed by atoms with Gasteiger partial charge in [0.25, 0.3) is 0 Å². The van der Waals surface area contributed by atoms with E-state index in [2.05, 4.69) is 36.1 Å². The van der Waals surface area contributed by atoms with Crippen molar-refractivity contribution in [2.24, 2.45) is 5.92 Å². The molecule has 1 fully saturated rings. The Hall–Kier alpha value is -1.17. The Labute approximate surface area is 121 Å². The van der Waals surface area contributed by atoms with E-state index >= 15 is 0 Å². The minimum atomic E-state index is 0.120. The fourth-order valence-corrected chi connectivity index (χ4v) is 2.42. The minimum absolute atomic E-state index is 0.120. The van der Waals surface area contributed by atoms with Crippen LogP contribution in [-0.2, 0) is 4.79 Å². The Balaban J connectivity index is 1.88. The molecule has 1 amide bonds. The standard InChI is InChI=1S/C13H19BrN4O/c1-9(2)17-12(19)10-3-5-18(6-4-10)13-15-7-11(14)8-16-13/h7-10H,3-6H2,1-2H3,(H,17,19). The van der Waals surface area contributed by atoms with Crippen LogP contribution in [-0.4, -0.2) is 35.0 Å². The molecule has 1 aromatic rings. The molecule has 0 bridgehead atoms. The van der Waals surface area contributed by atoms with Gasteiger partial charge in [0.1, 0.15) is 0 Å². The van der Waals surface area contributed by atoms with Crippen molar-refractivity contribution in [1.29, 1.82) is 0 Å². The molecule has 2 rings (SSSR count). The van der Waals surface area contributed by atoms with E-state index < -0.39 is 0 Å². The third kappa shape index (κ3) is 3.89. The van der Waals surface area contributed by atoms with Crippen LogP contribution in [0.3, 0.4) is 0 Å². The molecule has 1 aliphatic rings. The highest BCUT2D eigenvalue weighted by atomic mass is 79.9. The Bertz CT molecular complexity index is 427. The Morgan fingerprint density at radius 1 is 1.37 bits per heavy atom. The van der Waals surface area contributed by atoms with Crippen LogP contribution in [0.15, 0.2) is 16.9 Å². The predicted octanol–water partition coefficient (Wildman–Crippen LogP) is 1.98. The summed E-state index contributed by atoms with van der Waals surface area (Å²) in [5, 5.41) is 2.98. The maximum atomic E-state index is 11.9. The van der Waals surface area contributed by atoms with Gasteiger partial charge >= 0.3 is 0 Å². The number of nitrogens with zero attached hydrogens (tertiary/aromatic N) is 3. The fourth-order valence-electron chi connectivity index (χ4n) is 2.21. The number of rotatable bonds is 3. The third-order valence-corrected chi connectivity index (χ3v) is 3.60. The number of amides is 1. The molecule has 5 nitrogen and oxygen atoms in total. The van der Waals surface area contributed by atoms with Gasteiger partial charge in [-0.3, -0.25) is 4.79 Å². The van der Waals surface area contributed by atoms with Crippen molar-refractivity contribution in [3.05, 3.63) is 16.9 Å². The lowest BCUT2D eigenvalue weighted by Crippen LogP contribution is -2.42. The van der Waals surface area contributed by atoms with Gasteiger partial charge < -0.3 is 10.2 Å². The quantitative estimate of drug-likeness (QED) is 0.922. The van der Waals surface area contributed by atoms with Crippen LogP contribution >= 0.6 is 15.9 Å². The summed E-state index contributed by atoms with van der Waals surface area (Å²) in [5.74, 6) is 1.03. The number of aromatic nitrogens is 2. The van der Waals surface area contributed by atoms with E-state index in [-0.39, 0.29) is 17.9 Å². The summed E-state index contributed by atoms with van der Waals surface area (Å²) < 4.78 is 0.877. The zero-order valence-corrected chi connectivity index (χ0v) is 12.9. The first-order valence-corrected chi connectivity index (χ1v) is 7.38. The molecule has 6 heteroatoms. The number of nitrogens with one attached hydrogen (secondary N) is 1. The van der Waals surface area contributed by atoms with Crippen molar-refractivity contribution >= 4 is 27.8 Å². The van der Waals surface area contributed by atoms with E-state index in [0.717, 1.165) is 36.4 Å². The van der Waals surface area contributed by atoms with Crippen LogP contribution in [0.1, 0.15) is 26.7 Å². The van der Waals surface area contributed by atoms with E-state index in [9.17, 15) is 4.79 Å². The topological polar surface area (TPSA) is 58.1 Å². The number of halogens is 1. The Morgan fingerprint density at radius 3 is 2.47 bits per heavy atom. The highest BCUT2D eigenvalue weighted by molar-refractivity contribution is 9.10. The van der Waals surface area contributed by atoms with E-state index in [0.29, 0.717) is 0 Å². The molecule has 0 radical (unpaired) electrons. The van der Waals surface area contributed by atoms with Gasteiger partial charge in [-0.2, -0.15) is 0 Å². The lowest BCUT2D eigenvalue weighted by Gasteiger charge is -2.31. The van der Waals surface area contributed by atoms with Gasteiger partial charge in [-0.25, -0.2) is 9.97 Å². The smallest absolute Gasteiger partial charge is 0.225 e. The molecular formula is C13H19BrN4O. The van der Waals surface area contributed by atoms with Crippen LogP contribution in [0.4, 0.5) is 5.95 Å². The van der Waals surface area contributed by atoms with Gasteiger partial charge in [-0.15, -0.1) is 0 Å². The van der Waals surface area contributed by atoms with Crippen LogP contribution in [0.2, 0.25) is 0 Å². The van der Waals surface area contributed by atoms with Gasteiger partial charge in [0.05, 0.1) is 4.47 Å². The molecule has 0 aromatic carbocycles. The first kappa shape index (κ1) is 14.2. The molecule has 0 spiro atoms. The number of anilines is 1. The SMILES string of the molecule is CC(C)NC(=O)C1CCN(c2ncc(Br)cn2)CC1. The van der Waals surface area contributed by atoms with Crippen molar-refractivity contribution < 1.29 is 4.79 Å². The molecular weight excluding hydrogens is 308 g/mol. The maximum Gasteiger partial charge on any atom is 0.225 e. The first-order valence-electron chi connectivity index (χ1n) is 6.59. The van der Waals surface area contributed by atoms with Crippen molar-refractivity contribution in [2.45, 2.75) is 32.7 Å². The second kappa shape index (κ2) is 6.32. The number of carbonyl (C=O) groups excluding carboxylic acids is 1. The molecule has 0 atom stereocenters. The minimum Gasteiger partial charge on any atom is -0.354 e. The van der Waals surface area contributed by atoms with Crippen molar-refractivity contribution in [2.75, 3.05) is 18.0 Å². The summed E-state index contributed by atoms with van der Waals surface area (Å²) >= 11 is 3.32. The van der Waals surface area contributed by atoms with E-state index in [1.807, 2.05) is 13.8 Å². The second-order valence-electron chi connectivity index (χ2n) is 5.13. The number of hydrogen-bond donors (Lipinski definition) is 1. The highest BCUT2D eigenvalue weighted by Crippen LogP contribution is 2.21. The average molecular weight is 327 g/mol. The van der Waals surface area contributed by atoms with Crippen LogP contribution in [0.25, 0.3) is 0 Å². The zero-order valence-electron chi connectivity index (χ0n) is 11.3. The average Bonchev–Trinajstić information content (AvgIpc) is 2.39. The molecule has 1 saturated heterocycles. The molecule has 0 aliphatic carbocycles. The number of hydrogen-bond acceptors (Lipinski definition) is 4. The van der Waals surface area contributed by atoms with Crippen molar-refractivity contribution in [3.8, 4) is 0 Å². The second-order valence-corrected chi connectivity index (χ2v) is 6.04. The maximum absolute atomic E-state index is 11.9. The van der Waals surface area contributed by atoms with Gasteiger partial charge in [0, 0.05) is 37.4 Å². The molecule has 2 heterocycles. The summed E-state index contributed by atoms with van der Waals surface area (Å²) in [7, 11) is 0. The van der Waals surface area contributed by atoms with Gasteiger partial charge in [-0.05, 0) is 42.6 Å². The van der Waals surface area contributed by atoms with Gasteiger partial charge in [-0.1, -0.05) is 0 Å². The summed E-state index contributed by atoms with van der Waals surface area (Å²) in [6.45, 7) is 5.64. The molecule has 104 valence electrons. The van der Waals surface area contributed by atoms with Crippen LogP contribution < -0.4 is 10.2 Å². The largest absolute Gasteiger partial charge is 0.354 e. The van der Waals surface area contributed by atoms with E-state index in [1.165, 1.54) is 0 Å². The molecule has 19 heavy (non-hydrogen) atoms. The van der Waals surface area contributed by atoms with Gasteiger partial charge in [0.2, 0.25) is 11.9 Å². The normalized spacial score (nSPS) is 16.7. The summed E-state index contributed by atoms with van der Waals surface area (Å²) in [4.78, 5) is 22.6. The highest BCUT2D eigenvalue weighted by Gasteiger charge is 2.26. The van der Waals surface area contributed by atoms with Crippen LogP contribution in [0, 0.1) is 5.92 Å². The van der Waals surface area contributed by atoms with Crippen molar-refractivity contribution in [1.82, 2.24) is 15.3 Å². The lowest BCUT2D eigenvalue weighted by atomic mass is 9.96. The zero-order chi connectivity index (χ0) is 13.8. The Kier molecular flexibility index (Phi) is 4.74. The number of piperidine rings is 1. The molecule has 0 unspecified atom stereocenters. The Morgan fingerprint density at radius 2 is 1.95 bits per heavy atom.